The molecule has 6 nitrogen and oxygen atoms in total. The molecule has 140 valence electrons. The first-order valence-electron chi connectivity index (χ1n) is 9.30. The quantitative estimate of drug-likeness (QED) is 0.836. The van der Waals surface area contributed by atoms with E-state index in [-0.39, 0.29) is 6.10 Å². The molecule has 3 heterocycles. The molecule has 2 aliphatic heterocycles. The van der Waals surface area contributed by atoms with Crippen molar-refractivity contribution in [2.75, 3.05) is 58.5 Å². The van der Waals surface area contributed by atoms with Gasteiger partial charge in [0.05, 0.1) is 18.3 Å². The number of hydrogen-bond acceptors (Lipinski definition) is 6. The highest BCUT2D eigenvalue weighted by molar-refractivity contribution is 5.39. The molecule has 1 aromatic rings. The fourth-order valence-electron chi connectivity index (χ4n) is 3.61. The van der Waals surface area contributed by atoms with Crippen molar-refractivity contribution in [1.29, 1.82) is 0 Å². The number of anilines is 1. The third-order valence-corrected chi connectivity index (χ3v) is 5.19. The van der Waals surface area contributed by atoms with Gasteiger partial charge in [-0.15, -0.1) is 0 Å². The van der Waals surface area contributed by atoms with Gasteiger partial charge in [-0.2, -0.15) is 0 Å². The van der Waals surface area contributed by atoms with E-state index in [1.807, 2.05) is 25.2 Å². The molecule has 0 radical (unpaired) electrons. The number of rotatable bonds is 6. The van der Waals surface area contributed by atoms with Crippen LogP contribution in [0.3, 0.4) is 0 Å². The minimum Gasteiger partial charge on any atom is -0.388 e. The Morgan fingerprint density at radius 3 is 2.88 bits per heavy atom. The van der Waals surface area contributed by atoms with E-state index in [1.165, 1.54) is 5.56 Å². The van der Waals surface area contributed by atoms with Crippen molar-refractivity contribution in [2.24, 2.45) is 0 Å². The average molecular weight is 349 g/mol. The first-order chi connectivity index (χ1) is 12.0. The summed E-state index contributed by atoms with van der Waals surface area (Å²) in [6.45, 7) is 4.61. The van der Waals surface area contributed by atoms with E-state index in [1.54, 1.807) is 0 Å². The van der Waals surface area contributed by atoms with Crippen LogP contribution in [-0.4, -0.2) is 80.2 Å². The molecule has 0 aromatic carbocycles. The number of aromatic nitrogens is 1. The van der Waals surface area contributed by atoms with E-state index in [0.29, 0.717) is 13.2 Å². The minimum absolute atomic E-state index is 0.230. The Morgan fingerprint density at radius 1 is 1.32 bits per heavy atom. The second kappa shape index (κ2) is 8.45. The van der Waals surface area contributed by atoms with Crippen molar-refractivity contribution in [3.8, 4) is 0 Å². The molecule has 0 aliphatic carbocycles. The van der Waals surface area contributed by atoms with Crippen LogP contribution in [0.2, 0.25) is 0 Å². The zero-order valence-corrected chi connectivity index (χ0v) is 15.5. The number of pyridine rings is 1. The monoisotopic (exact) mass is 349 g/mol. The van der Waals surface area contributed by atoms with Crippen LogP contribution in [0.4, 0.5) is 5.82 Å². The molecule has 1 unspecified atom stereocenters. The third-order valence-electron chi connectivity index (χ3n) is 5.19. The Balaban J connectivity index is 1.49. The van der Waals surface area contributed by atoms with Gasteiger partial charge in [0.2, 0.25) is 0 Å². The molecule has 0 bridgehead atoms. The van der Waals surface area contributed by atoms with E-state index >= 15 is 0 Å². The minimum atomic E-state index is -0.591. The van der Waals surface area contributed by atoms with Crippen LogP contribution in [0.25, 0.3) is 0 Å². The maximum absolute atomic E-state index is 10.7. The summed E-state index contributed by atoms with van der Waals surface area (Å²) in [5, 5.41) is 10.7. The Bertz CT molecular complexity index is 546. The zero-order chi connectivity index (χ0) is 17.7. The van der Waals surface area contributed by atoms with E-state index in [4.69, 9.17) is 9.47 Å². The second-order valence-electron chi connectivity index (χ2n) is 7.52. The van der Waals surface area contributed by atoms with Crippen LogP contribution in [-0.2, 0) is 15.9 Å². The van der Waals surface area contributed by atoms with Crippen LogP contribution in [0.15, 0.2) is 18.3 Å². The summed E-state index contributed by atoms with van der Waals surface area (Å²) < 4.78 is 11.3. The predicted molar refractivity (Wildman–Crippen MR) is 98.1 cm³/mol. The lowest BCUT2D eigenvalue weighted by molar-refractivity contribution is -0.103. The number of hydrogen-bond donors (Lipinski definition) is 1. The Morgan fingerprint density at radius 2 is 2.12 bits per heavy atom. The SMILES string of the molecule is CN(C)c1cc(CCC2CN(CC3(O)CCOCC3)CCO2)ccn1. The summed E-state index contributed by atoms with van der Waals surface area (Å²) >= 11 is 0. The Hall–Kier alpha value is -1.21. The van der Waals surface area contributed by atoms with Gasteiger partial charge < -0.3 is 19.5 Å². The zero-order valence-electron chi connectivity index (χ0n) is 15.5. The van der Waals surface area contributed by atoms with Gasteiger partial charge in [-0.05, 0) is 30.5 Å². The highest BCUT2D eigenvalue weighted by atomic mass is 16.5. The molecule has 25 heavy (non-hydrogen) atoms. The molecule has 0 amide bonds. The molecule has 0 saturated carbocycles. The molecule has 6 heteroatoms. The van der Waals surface area contributed by atoms with E-state index in [2.05, 4.69) is 22.0 Å². The first kappa shape index (κ1) is 18.6. The lowest BCUT2D eigenvalue weighted by Crippen LogP contribution is -2.52. The predicted octanol–water partition coefficient (Wildman–Crippen LogP) is 1.32. The first-order valence-corrected chi connectivity index (χ1v) is 9.30. The van der Waals surface area contributed by atoms with Crippen molar-refractivity contribution in [3.05, 3.63) is 23.9 Å². The average Bonchev–Trinajstić information content (AvgIpc) is 2.61. The smallest absolute Gasteiger partial charge is 0.128 e. The standard InChI is InChI=1S/C19H31N3O3/c1-21(2)18-13-16(5-8-20-18)3-4-17-14-22(9-12-25-17)15-19(23)6-10-24-11-7-19/h5,8,13,17,23H,3-4,6-7,9-12,14-15H2,1-2H3. The number of nitrogens with zero attached hydrogens (tertiary/aromatic N) is 3. The van der Waals surface area contributed by atoms with Gasteiger partial charge in [-0.1, -0.05) is 0 Å². The molecule has 1 aromatic heterocycles. The van der Waals surface area contributed by atoms with E-state index < -0.39 is 5.60 Å². The van der Waals surface area contributed by atoms with Gasteiger partial charge in [0.1, 0.15) is 5.82 Å². The summed E-state index contributed by atoms with van der Waals surface area (Å²) in [7, 11) is 4.02. The van der Waals surface area contributed by atoms with Gasteiger partial charge in [-0.25, -0.2) is 4.98 Å². The van der Waals surface area contributed by atoms with Crippen molar-refractivity contribution in [3.63, 3.8) is 0 Å². The molecule has 2 aliphatic rings. The molecular formula is C19H31N3O3. The van der Waals surface area contributed by atoms with Gasteiger partial charge in [0.25, 0.3) is 0 Å². The topological polar surface area (TPSA) is 58.1 Å². The summed E-state index contributed by atoms with van der Waals surface area (Å²) in [5.74, 6) is 0.991. The highest BCUT2D eigenvalue weighted by Crippen LogP contribution is 2.23. The molecule has 3 rings (SSSR count). The second-order valence-corrected chi connectivity index (χ2v) is 7.52. The Kier molecular flexibility index (Phi) is 6.28. The highest BCUT2D eigenvalue weighted by Gasteiger charge is 2.33. The number of morpholine rings is 1. The van der Waals surface area contributed by atoms with Gasteiger partial charge in [0.15, 0.2) is 0 Å². The van der Waals surface area contributed by atoms with E-state index in [0.717, 1.165) is 57.7 Å². The van der Waals surface area contributed by atoms with Crippen LogP contribution >= 0.6 is 0 Å². The van der Waals surface area contributed by atoms with Crippen LogP contribution in [0.1, 0.15) is 24.8 Å². The molecule has 2 fully saturated rings. The lowest BCUT2D eigenvalue weighted by atomic mass is 9.93. The van der Waals surface area contributed by atoms with Crippen LogP contribution in [0, 0.1) is 0 Å². The van der Waals surface area contributed by atoms with Crippen molar-refractivity contribution in [1.82, 2.24) is 9.88 Å². The number of ether oxygens (including phenoxy) is 2. The van der Waals surface area contributed by atoms with Crippen LogP contribution < -0.4 is 4.90 Å². The molecular weight excluding hydrogens is 318 g/mol. The van der Waals surface area contributed by atoms with Gasteiger partial charge >= 0.3 is 0 Å². The molecule has 0 spiro atoms. The summed E-state index contributed by atoms with van der Waals surface area (Å²) in [6.07, 6.45) is 5.56. The van der Waals surface area contributed by atoms with E-state index in [9.17, 15) is 5.11 Å². The normalized spacial score (nSPS) is 24.2. The molecule has 1 atom stereocenters. The van der Waals surface area contributed by atoms with Crippen LogP contribution in [0.5, 0.6) is 0 Å². The summed E-state index contributed by atoms with van der Waals surface area (Å²) in [4.78, 5) is 8.75. The number of β-amino-alcohol motifs (C(OH)–C–C–N with tert-alkyl or cyclic N) is 1. The number of aryl methyl sites for hydroxylation is 1. The summed E-state index contributed by atoms with van der Waals surface area (Å²) in [5.41, 5.74) is 0.703. The lowest BCUT2D eigenvalue weighted by Gasteiger charge is -2.40. The summed E-state index contributed by atoms with van der Waals surface area (Å²) in [6, 6.07) is 4.23. The molecule has 2 saturated heterocycles. The number of aliphatic hydroxyl groups is 1. The van der Waals surface area contributed by atoms with Crippen molar-refractivity contribution in [2.45, 2.75) is 37.4 Å². The maximum Gasteiger partial charge on any atom is 0.128 e. The van der Waals surface area contributed by atoms with Gasteiger partial charge in [-0.3, -0.25) is 4.90 Å². The van der Waals surface area contributed by atoms with Gasteiger partial charge in [0, 0.05) is 66.0 Å². The van der Waals surface area contributed by atoms with Crippen molar-refractivity contribution < 1.29 is 14.6 Å². The third kappa shape index (κ3) is 5.38. The fourth-order valence-corrected chi connectivity index (χ4v) is 3.61. The maximum atomic E-state index is 10.7. The largest absolute Gasteiger partial charge is 0.388 e. The van der Waals surface area contributed by atoms with Crippen molar-refractivity contribution >= 4 is 5.82 Å². The Labute approximate surface area is 150 Å². The molecule has 1 N–H and O–H groups in total. The fraction of sp³-hybridized carbons (Fsp3) is 0.737.